The van der Waals surface area contributed by atoms with E-state index in [0.717, 1.165) is 63.4 Å². The van der Waals surface area contributed by atoms with Crippen LogP contribution in [0.1, 0.15) is 42.5 Å². The zero-order valence-corrected chi connectivity index (χ0v) is 24.6. The molecule has 4 aliphatic rings. The van der Waals surface area contributed by atoms with Crippen LogP contribution in [0.2, 0.25) is 0 Å². The number of aromatic nitrogens is 1. The molecule has 12 heteroatoms. The lowest BCUT2D eigenvalue weighted by atomic mass is 9.83. The van der Waals surface area contributed by atoms with Crippen molar-refractivity contribution in [2.75, 3.05) is 51.3 Å². The van der Waals surface area contributed by atoms with Gasteiger partial charge in [0.15, 0.2) is 10.9 Å². The molecule has 3 aliphatic heterocycles. The van der Waals surface area contributed by atoms with Gasteiger partial charge in [0.05, 0.1) is 11.1 Å². The van der Waals surface area contributed by atoms with E-state index in [1.807, 2.05) is 5.38 Å². The molecule has 6 rings (SSSR count). The second kappa shape index (κ2) is 11.9. The van der Waals surface area contributed by atoms with Gasteiger partial charge >= 0.3 is 0 Å². The molecule has 1 aromatic carbocycles. The van der Waals surface area contributed by atoms with Crippen LogP contribution < -0.4 is 10.2 Å². The Morgan fingerprint density at radius 3 is 2.66 bits per heavy atom. The van der Waals surface area contributed by atoms with Crippen LogP contribution in [0.5, 0.6) is 0 Å². The van der Waals surface area contributed by atoms with Gasteiger partial charge in [-0.05, 0) is 44.0 Å². The SMILES string of the molecule is CN1CCN(c2nc(-c3ccc(C(=O)NC(C(=O)N4CC(Cl)C5OCC(=O)C54)C4CCCCC4)cc3F)cs2)CC1. The quantitative estimate of drug-likeness (QED) is 0.507. The molecular weight excluding hydrogens is 569 g/mol. The number of likely N-dealkylation sites (tertiary alicyclic amines) is 1. The van der Waals surface area contributed by atoms with Crippen molar-refractivity contribution in [1.29, 1.82) is 0 Å². The molecule has 4 atom stereocenters. The first kappa shape index (κ1) is 28.5. The minimum Gasteiger partial charge on any atom is -0.366 e. The molecule has 2 amide bonds. The van der Waals surface area contributed by atoms with Crippen molar-refractivity contribution in [3.63, 3.8) is 0 Å². The number of fused-ring (bicyclic) bond motifs is 1. The van der Waals surface area contributed by atoms with Crippen LogP contribution >= 0.6 is 22.9 Å². The maximum absolute atomic E-state index is 15.4. The number of likely N-dealkylation sites (N-methyl/N-ethyl adjacent to an activating group) is 1. The van der Waals surface area contributed by atoms with Gasteiger partial charge in [0.1, 0.15) is 30.6 Å². The van der Waals surface area contributed by atoms with Crippen LogP contribution in [0.4, 0.5) is 9.52 Å². The summed E-state index contributed by atoms with van der Waals surface area (Å²) >= 11 is 7.92. The number of ether oxygens (including phenoxy) is 1. The summed E-state index contributed by atoms with van der Waals surface area (Å²) in [5, 5.41) is 5.12. The number of benzene rings is 1. The number of hydrogen-bond acceptors (Lipinski definition) is 8. The third-order valence-corrected chi connectivity index (χ3v) is 10.1. The topological polar surface area (TPSA) is 95.1 Å². The third kappa shape index (κ3) is 5.74. The number of carbonyl (C=O) groups is 3. The minimum absolute atomic E-state index is 0.0652. The Hall–Kier alpha value is -2.60. The monoisotopic (exact) mass is 603 g/mol. The molecule has 220 valence electrons. The van der Waals surface area contributed by atoms with Gasteiger partial charge in [-0.2, -0.15) is 0 Å². The van der Waals surface area contributed by atoms with Gasteiger partial charge < -0.3 is 24.8 Å². The molecule has 1 aromatic heterocycles. The van der Waals surface area contributed by atoms with Crippen molar-refractivity contribution in [3.05, 3.63) is 35.0 Å². The number of thiazole rings is 1. The molecule has 1 aliphatic carbocycles. The Balaban J connectivity index is 1.19. The van der Waals surface area contributed by atoms with Gasteiger partial charge in [-0.15, -0.1) is 22.9 Å². The maximum atomic E-state index is 15.4. The molecule has 0 radical (unpaired) electrons. The second-order valence-corrected chi connectivity index (χ2v) is 12.9. The predicted octanol–water partition coefficient (Wildman–Crippen LogP) is 3.17. The molecule has 9 nitrogen and oxygen atoms in total. The number of piperazine rings is 1. The fraction of sp³-hybridized carbons (Fsp3) is 0.586. The van der Waals surface area contributed by atoms with E-state index in [2.05, 4.69) is 27.1 Å². The van der Waals surface area contributed by atoms with Crippen molar-refractivity contribution in [1.82, 2.24) is 20.1 Å². The highest BCUT2D eigenvalue weighted by Crippen LogP contribution is 2.34. The summed E-state index contributed by atoms with van der Waals surface area (Å²) in [6.07, 6.45) is 4.06. The molecule has 0 bridgehead atoms. The molecule has 2 aromatic rings. The Kier molecular flexibility index (Phi) is 8.31. The highest BCUT2D eigenvalue weighted by Gasteiger charge is 2.53. The van der Waals surface area contributed by atoms with E-state index < -0.39 is 35.3 Å². The summed E-state index contributed by atoms with van der Waals surface area (Å²) in [6.45, 7) is 3.77. The number of carbonyl (C=O) groups excluding carboxylic acids is 3. The Morgan fingerprint density at radius 1 is 1.17 bits per heavy atom. The average molecular weight is 604 g/mol. The van der Waals surface area contributed by atoms with Gasteiger partial charge in [-0.1, -0.05) is 19.3 Å². The van der Waals surface area contributed by atoms with Gasteiger partial charge in [-0.3, -0.25) is 14.4 Å². The molecule has 41 heavy (non-hydrogen) atoms. The van der Waals surface area contributed by atoms with Crippen LogP contribution in [0.15, 0.2) is 23.6 Å². The Bertz CT molecular complexity index is 1310. The van der Waals surface area contributed by atoms with Gasteiger partial charge in [0.2, 0.25) is 5.91 Å². The lowest BCUT2D eigenvalue weighted by Gasteiger charge is -2.34. The standard InChI is InChI=1S/C29H35ClFN5O4S/c1-34-9-11-35(12-10-34)29-32-22(16-41-29)19-8-7-18(13-21(19)31)27(38)33-24(17-5-3-2-4-6-17)28(39)36-14-20(30)26-25(36)23(37)15-40-26/h7-8,13,16-17,20,24-26H,2-6,9-12,14-15H2,1H3,(H,33,38). The number of amides is 2. The number of anilines is 1. The number of halogens is 2. The number of ketones is 1. The van der Waals surface area contributed by atoms with Gasteiger partial charge in [0, 0.05) is 49.2 Å². The smallest absolute Gasteiger partial charge is 0.252 e. The van der Waals surface area contributed by atoms with Crippen LogP contribution in [0.3, 0.4) is 0 Å². The summed E-state index contributed by atoms with van der Waals surface area (Å²) < 4.78 is 20.9. The predicted molar refractivity (Wildman–Crippen MR) is 155 cm³/mol. The number of nitrogens with one attached hydrogen (secondary N) is 1. The highest BCUT2D eigenvalue weighted by atomic mass is 35.5. The highest BCUT2D eigenvalue weighted by molar-refractivity contribution is 7.14. The van der Waals surface area contributed by atoms with Crippen molar-refractivity contribution >= 4 is 45.7 Å². The van der Waals surface area contributed by atoms with Crippen molar-refractivity contribution in [3.8, 4) is 11.3 Å². The number of nitrogens with zero attached hydrogens (tertiary/aromatic N) is 4. The molecule has 3 saturated heterocycles. The molecule has 4 unspecified atom stereocenters. The van der Waals surface area contributed by atoms with E-state index in [4.69, 9.17) is 16.3 Å². The van der Waals surface area contributed by atoms with E-state index in [9.17, 15) is 14.4 Å². The zero-order valence-electron chi connectivity index (χ0n) is 23.1. The molecule has 4 fully saturated rings. The van der Waals surface area contributed by atoms with Crippen LogP contribution in [-0.2, 0) is 14.3 Å². The molecule has 1 saturated carbocycles. The first-order chi connectivity index (χ1) is 19.8. The Morgan fingerprint density at radius 2 is 1.93 bits per heavy atom. The minimum atomic E-state index is -0.828. The number of rotatable bonds is 6. The molecule has 1 N–H and O–H groups in total. The maximum Gasteiger partial charge on any atom is 0.252 e. The lowest BCUT2D eigenvalue weighted by Crippen LogP contribution is -2.55. The number of hydrogen-bond donors (Lipinski definition) is 1. The average Bonchev–Trinajstić information content (AvgIpc) is 3.70. The first-order valence-corrected chi connectivity index (χ1v) is 15.7. The fourth-order valence-corrected chi connectivity index (χ4v) is 7.71. The molecular formula is C29H35ClFN5O4S. The van der Waals surface area contributed by atoms with Crippen molar-refractivity contribution in [2.24, 2.45) is 5.92 Å². The molecule has 4 heterocycles. The van der Waals surface area contributed by atoms with E-state index in [1.165, 1.54) is 22.3 Å². The normalized spacial score (nSPS) is 26.3. The van der Waals surface area contributed by atoms with Gasteiger partial charge in [0.25, 0.3) is 5.91 Å². The zero-order chi connectivity index (χ0) is 28.7. The summed E-state index contributed by atoms with van der Waals surface area (Å²) in [6, 6.07) is 2.80. The van der Waals surface area contributed by atoms with E-state index in [0.29, 0.717) is 11.3 Å². The summed E-state index contributed by atoms with van der Waals surface area (Å²) in [5.41, 5.74) is 0.990. The third-order valence-electron chi connectivity index (χ3n) is 8.85. The molecule has 0 spiro atoms. The van der Waals surface area contributed by atoms with Gasteiger partial charge in [-0.25, -0.2) is 9.37 Å². The van der Waals surface area contributed by atoms with Crippen LogP contribution in [-0.4, -0.2) is 102 Å². The van der Waals surface area contributed by atoms with E-state index >= 15 is 4.39 Å². The summed E-state index contributed by atoms with van der Waals surface area (Å²) in [7, 11) is 2.09. The summed E-state index contributed by atoms with van der Waals surface area (Å²) in [5.74, 6) is -1.64. The second-order valence-electron chi connectivity index (χ2n) is 11.5. The van der Waals surface area contributed by atoms with Crippen LogP contribution in [0, 0.1) is 11.7 Å². The largest absolute Gasteiger partial charge is 0.366 e. The Labute approximate surface area is 248 Å². The summed E-state index contributed by atoms with van der Waals surface area (Å²) in [4.78, 5) is 50.4. The first-order valence-electron chi connectivity index (χ1n) is 14.4. The van der Waals surface area contributed by atoms with E-state index in [1.54, 1.807) is 12.1 Å². The van der Waals surface area contributed by atoms with Crippen LogP contribution in [0.25, 0.3) is 11.3 Å². The lowest BCUT2D eigenvalue weighted by molar-refractivity contribution is -0.139. The van der Waals surface area contributed by atoms with Crippen molar-refractivity contribution < 1.29 is 23.5 Å². The number of Topliss-reactive ketones (excluding diaryl/α,β-unsaturated/α-hetero) is 1. The number of alkyl halides is 1. The van der Waals surface area contributed by atoms with Crippen molar-refractivity contribution in [2.45, 2.75) is 55.7 Å². The van der Waals surface area contributed by atoms with E-state index in [-0.39, 0.29) is 36.3 Å². The fourth-order valence-electron chi connectivity index (χ4n) is 6.47.